The lowest BCUT2D eigenvalue weighted by atomic mass is 10.2. The van der Waals surface area contributed by atoms with E-state index in [2.05, 4.69) is 10.6 Å². The highest BCUT2D eigenvalue weighted by atomic mass is 35.5. The van der Waals surface area contributed by atoms with Crippen molar-refractivity contribution in [3.8, 4) is 0 Å². The zero-order valence-corrected chi connectivity index (χ0v) is 13.6. The molecule has 118 valence electrons. The largest absolute Gasteiger partial charge is 0.444 e. The van der Waals surface area contributed by atoms with Crippen molar-refractivity contribution in [2.45, 2.75) is 45.9 Å². The summed E-state index contributed by atoms with van der Waals surface area (Å²) in [6.45, 7) is 8.08. The molecule has 6 heteroatoms. The smallest absolute Gasteiger partial charge is 0.407 e. The molecule has 1 atom stereocenters. The van der Waals surface area contributed by atoms with E-state index in [1.54, 1.807) is 32.9 Å². The first-order valence-electron chi connectivity index (χ1n) is 6.82. The van der Waals surface area contributed by atoms with Gasteiger partial charge in [-0.05, 0) is 33.8 Å². The maximum absolute atomic E-state index is 13.7. The molecule has 1 aromatic carbocycles. The van der Waals surface area contributed by atoms with Crippen LogP contribution in [0.5, 0.6) is 0 Å². The van der Waals surface area contributed by atoms with Crippen molar-refractivity contribution in [1.82, 2.24) is 10.6 Å². The average molecular weight is 317 g/mol. The average Bonchev–Trinajstić information content (AvgIpc) is 2.32. The summed E-state index contributed by atoms with van der Waals surface area (Å²) >= 11 is 5.71. The van der Waals surface area contributed by atoms with Crippen molar-refractivity contribution in [1.29, 1.82) is 0 Å². The second kappa shape index (κ2) is 7.61. The molecule has 1 aromatic rings. The summed E-state index contributed by atoms with van der Waals surface area (Å²) in [6, 6.07) is 4.74. The first-order chi connectivity index (χ1) is 9.69. The standard InChI is InChI=1S/C15H22ClFN2O2/c1-10(19-14(20)21-15(2,3)4)8-18-9-11-6-5-7-12(16)13(11)17/h5-7,10,18H,8-9H2,1-4H3,(H,19,20). The summed E-state index contributed by atoms with van der Waals surface area (Å²) in [7, 11) is 0. The minimum atomic E-state index is -0.527. The fraction of sp³-hybridized carbons (Fsp3) is 0.533. The highest BCUT2D eigenvalue weighted by Crippen LogP contribution is 2.17. The topological polar surface area (TPSA) is 50.4 Å². The zero-order valence-electron chi connectivity index (χ0n) is 12.8. The molecule has 1 amide bonds. The number of benzene rings is 1. The van der Waals surface area contributed by atoms with Gasteiger partial charge in [0.15, 0.2) is 0 Å². The van der Waals surface area contributed by atoms with E-state index in [1.807, 2.05) is 6.92 Å². The Bertz CT molecular complexity index is 489. The van der Waals surface area contributed by atoms with Crippen LogP contribution >= 0.6 is 11.6 Å². The van der Waals surface area contributed by atoms with Crippen LogP contribution in [0.4, 0.5) is 9.18 Å². The van der Waals surface area contributed by atoms with Crippen LogP contribution in [0.1, 0.15) is 33.3 Å². The molecule has 0 aliphatic rings. The van der Waals surface area contributed by atoms with Crippen molar-refractivity contribution in [3.63, 3.8) is 0 Å². The Hall–Kier alpha value is -1.33. The van der Waals surface area contributed by atoms with Crippen LogP contribution in [0, 0.1) is 5.82 Å². The van der Waals surface area contributed by atoms with Gasteiger partial charge in [-0.3, -0.25) is 0 Å². The molecule has 0 saturated heterocycles. The third-order valence-corrected chi connectivity index (χ3v) is 2.85. The molecule has 21 heavy (non-hydrogen) atoms. The number of nitrogens with one attached hydrogen (secondary N) is 2. The second-order valence-corrected chi connectivity index (χ2v) is 6.30. The Balaban J connectivity index is 2.35. The molecule has 1 unspecified atom stereocenters. The summed E-state index contributed by atoms with van der Waals surface area (Å²) in [6.07, 6.45) is -0.467. The van der Waals surface area contributed by atoms with E-state index in [4.69, 9.17) is 16.3 Å². The lowest BCUT2D eigenvalue weighted by Gasteiger charge is -2.22. The van der Waals surface area contributed by atoms with Crippen molar-refractivity contribution >= 4 is 17.7 Å². The van der Waals surface area contributed by atoms with Gasteiger partial charge in [0.25, 0.3) is 0 Å². The first-order valence-corrected chi connectivity index (χ1v) is 7.20. The van der Waals surface area contributed by atoms with Gasteiger partial charge >= 0.3 is 6.09 Å². The number of carbonyl (C=O) groups is 1. The lowest BCUT2D eigenvalue weighted by Crippen LogP contribution is -2.42. The first kappa shape index (κ1) is 17.7. The molecule has 0 aliphatic heterocycles. The van der Waals surface area contributed by atoms with Gasteiger partial charge in [0, 0.05) is 24.7 Å². The number of hydrogen-bond acceptors (Lipinski definition) is 3. The lowest BCUT2D eigenvalue weighted by molar-refractivity contribution is 0.0508. The van der Waals surface area contributed by atoms with E-state index < -0.39 is 17.5 Å². The molecular weight excluding hydrogens is 295 g/mol. The van der Waals surface area contributed by atoms with E-state index in [-0.39, 0.29) is 11.1 Å². The Labute approximate surface area is 130 Å². The monoisotopic (exact) mass is 316 g/mol. The maximum atomic E-state index is 13.7. The molecule has 1 rings (SSSR count). The number of halogens is 2. The predicted molar refractivity (Wildman–Crippen MR) is 81.9 cm³/mol. The van der Waals surface area contributed by atoms with E-state index in [9.17, 15) is 9.18 Å². The minimum Gasteiger partial charge on any atom is -0.444 e. The molecule has 0 aromatic heterocycles. The van der Waals surface area contributed by atoms with Gasteiger partial charge < -0.3 is 15.4 Å². The Morgan fingerprint density at radius 3 is 2.71 bits per heavy atom. The molecule has 0 aliphatic carbocycles. The summed E-state index contributed by atoms with van der Waals surface area (Å²) in [5.74, 6) is -0.417. The summed E-state index contributed by atoms with van der Waals surface area (Å²) in [4.78, 5) is 11.6. The number of amides is 1. The molecule has 0 fully saturated rings. The fourth-order valence-corrected chi connectivity index (χ4v) is 1.86. The normalized spacial score (nSPS) is 12.9. The quantitative estimate of drug-likeness (QED) is 0.874. The zero-order chi connectivity index (χ0) is 16.0. The van der Waals surface area contributed by atoms with Crippen molar-refractivity contribution < 1.29 is 13.9 Å². The Morgan fingerprint density at radius 2 is 2.10 bits per heavy atom. The van der Waals surface area contributed by atoms with Crippen LogP contribution < -0.4 is 10.6 Å². The number of alkyl carbamates (subject to hydrolysis) is 1. The maximum Gasteiger partial charge on any atom is 0.407 e. The summed E-state index contributed by atoms with van der Waals surface area (Å²) in [5, 5.41) is 5.88. The van der Waals surface area contributed by atoms with Crippen LogP contribution in [0.25, 0.3) is 0 Å². The van der Waals surface area contributed by atoms with Gasteiger partial charge in [0.1, 0.15) is 11.4 Å². The van der Waals surface area contributed by atoms with Gasteiger partial charge in [-0.25, -0.2) is 9.18 Å². The van der Waals surface area contributed by atoms with Crippen LogP contribution in [0.3, 0.4) is 0 Å². The van der Waals surface area contributed by atoms with E-state index in [0.717, 1.165) is 0 Å². The molecule has 0 bridgehead atoms. The highest BCUT2D eigenvalue weighted by molar-refractivity contribution is 6.30. The molecule has 0 heterocycles. The molecule has 0 spiro atoms. The highest BCUT2D eigenvalue weighted by Gasteiger charge is 2.17. The van der Waals surface area contributed by atoms with Crippen LogP contribution in [-0.2, 0) is 11.3 Å². The van der Waals surface area contributed by atoms with Crippen molar-refractivity contribution in [2.75, 3.05) is 6.54 Å². The molecule has 0 radical (unpaired) electrons. The van der Waals surface area contributed by atoms with Crippen LogP contribution in [0.15, 0.2) is 18.2 Å². The van der Waals surface area contributed by atoms with Gasteiger partial charge in [-0.1, -0.05) is 23.7 Å². The van der Waals surface area contributed by atoms with E-state index in [0.29, 0.717) is 18.7 Å². The van der Waals surface area contributed by atoms with Gasteiger partial charge in [0.2, 0.25) is 0 Å². The minimum absolute atomic E-state index is 0.106. The van der Waals surface area contributed by atoms with Gasteiger partial charge in [0.05, 0.1) is 5.02 Å². The number of carbonyl (C=O) groups excluding carboxylic acids is 1. The van der Waals surface area contributed by atoms with Crippen LogP contribution in [0.2, 0.25) is 5.02 Å². The van der Waals surface area contributed by atoms with Gasteiger partial charge in [-0.15, -0.1) is 0 Å². The predicted octanol–water partition coefficient (Wildman–Crippen LogP) is 3.48. The third-order valence-electron chi connectivity index (χ3n) is 2.56. The van der Waals surface area contributed by atoms with Crippen molar-refractivity contribution in [3.05, 3.63) is 34.6 Å². The molecular formula is C15H22ClFN2O2. The second-order valence-electron chi connectivity index (χ2n) is 5.89. The van der Waals surface area contributed by atoms with Gasteiger partial charge in [-0.2, -0.15) is 0 Å². The van der Waals surface area contributed by atoms with E-state index in [1.165, 1.54) is 6.07 Å². The van der Waals surface area contributed by atoms with Crippen molar-refractivity contribution in [2.24, 2.45) is 0 Å². The van der Waals surface area contributed by atoms with E-state index >= 15 is 0 Å². The summed E-state index contributed by atoms with van der Waals surface area (Å²) in [5.41, 5.74) is -0.0341. The molecule has 0 saturated carbocycles. The Morgan fingerprint density at radius 1 is 1.43 bits per heavy atom. The SMILES string of the molecule is CC(CNCc1cccc(Cl)c1F)NC(=O)OC(C)(C)C. The van der Waals surface area contributed by atoms with Crippen LogP contribution in [-0.4, -0.2) is 24.3 Å². The third kappa shape index (κ3) is 6.78. The molecule has 4 nitrogen and oxygen atoms in total. The number of hydrogen-bond donors (Lipinski definition) is 2. The molecule has 2 N–H and O–H groups in total. The fourth-order valence-electron chi connectivity index (χ4n) is 1.67. The summed E-state index contributed by atoms with van der Waals surface area (Å²) < 4.78 is 18.8. The Kier molecular flexibility index (Phi) is 6.42. The number of rotatable bonds is 5. The number of ether oxygens (including phenoxy) is 1.